The second-order valence-corrected chi connectivity index (χ2v) is 3.37. The minimum Gasteiger partial charge on any atom is -0.483 e. The Balaban J connectivity index is 2.81. The van der Waals surface area contributed by atoms with Crippen LogP contribution in [0.25, 0.3) is 0 Å². The number of ether oxygens (including phenoxy) is 2. The SMILES string of the molecule is COCCOc1ccc(Br)nc1[N+](=O)[O-]. The van der Waals surface area contributed by atoms with E-state index in [-0.39, 0.29) is 18.2 Å². The number of pyridine rings is 1. The van der Waals surface area contributed by atoms with Crippen molar-refractivity contribution in [2.75, 3.05) is 20.3 Å². The van der Waals surface area contributed by atoms with Crippen LogP contribution < -0.4 is 4.74 Å². The van der Waals surface area contributed by atoms with Gasteiger partial charge in [0.1, 0.15) is 6.61 Å². The van der Waals surface area contributed by atoms with Crippen molar-refractivity contribution in [2.45, 2.75) is 0 Å². The van der Waals surface area contributed by atoms with Gasteiger partial charge in [-0.3, -0.25) is 0 Å². The number of hydrogen-bond donors (Lipinski definition) is 0. The van der Waals surface area contributed by atoms with Crippen LogP contribution in [-0.4, -0.2) is 30.2 Å². The van der Waals surface area contributed by atoms with E-state index < -0.39 is 4.92 Å². The maximum absolute atomic E-state index is 10.6. The number of nitrogens with zero attached hydrogens (tertiary/aromatic N) is 2. The van der Waals surface area contributed by atoms with Gasteiger partial charge in [0.2, 0.25) is 10.4 Å². The lowest BCUT2D eigenvalue weighted by Gasteiger charge is -2.04. The topological polar surface area (TPSA) is 74.5 Å². The van der Waals surface area contributed by atoms with Gasteiger partial charge in [0.25, 0.3) is 0 Å². The highest BCUT2D eigenvalue weighted by molar-refractivity contribution is 9.10. The van der Waals surface area contributed by atoms with Crippen LogP contribution in [0, 0.1) is 10.1 Å². The summed E-state index contributed by atoms with van der Waals surface area (Å²) in [5.41, 5.74) is 0. The molecule has 1 aromatic rings. The molecule has 0 radical (unpaired) electrons. The molecular weight excluding hydrogens is 268 g/mol. The number of methoxy groups -OCH3 is 1. The summed E-state index contributed by atoms with van der Waals surface area (Å²) in [5, 5.41) is 10.6. The Hall–Kier alpha value is -1.21. The Morgan fingerprint density at radius 2 is 2.27 bits per heavy atom. The molecule has 0 atom stereocenters. The summed E-state index contributed by atoms with van der Waals surface area (Å²) >= 11 is 3.05. The molecule has 15 heavy (non-hydrogen) atoms. The van der Waals surface area contributed by atoms with Gasteiger partial charge in [-0.25, -0.2) is 0 Å². The zero-order chi connectivity index (χ0) is 11.3. The van der Waals surface area contributed by atoms with E-state index in [9.17, 15) is 10.1 Å². The molecule has 0 spiro atoms. The molecule has 0 N–H and O–H groups in total. The summed E-state index contributed by atoms with van der Waals surface area (Å²) in [4.78, 5) is 13.7. The first-order valence-corrected chi connectivity index (χ1v) is 4.87. The van der Waals surface area contributed by atoms with Crippen molar-refractivity contribution in [3.8, 4) is 5.75 Å². The molecule has 0 saturated heterocycles. The van der Waals surface area contributed by atoms with E-state index in [0.717, 1.165) is 0 Å². The molecule has 1 heterocycles. The predicted octanol–water partition coefficient (Wildman–Crippen LogP) is 1.78. The van der Waals surface area contributed by atoms with Crippen LogP contribution in [0.5, 0.6) is 5.75 Å². The quantitative estimate of drug-likeness (QED) is 0.355. The van der Waals surface area contributed by atoms with Gasteiger partial charge in [0.15, 0.2) is 0 Å². The van der Waals surface area contributed by atoms with Gasteiger partial charge >= 0.3 is 5.82 Å². The molecule has 6 nitrogen and oxygen atoms in total. The lowest BCUT2D eigenvalue weighted by atomic mass is 10.4. The van der Waals surface area contributed by atoms with Crippen molar-refractivity contribution in [1.29, 1.82) is 0 Å². The average Bonchev–Trinajstić information content (AvgIpc) is 2.20. The first-order chi connectivity index (χ1) is 7.15. The Kier molecular flexibility index (Phi) is 4.44. The normalized spacial score (nSPS) is 10.0. The third-order valence-corrected chi connectivity index (χ3v) is 1.96. The van der Waals surface area contributed by atoms with Crippen LogP contribution in [0.4, 0.5) is 5.82 Å². The van der Waals surface area contributed by atoms with Crippen LogP contribution in [0.15, 0.2) is 16.7 Å². The minimum atomic E-state index is -0.590. The van der Waals surface area contributed by atoms with Crippen molar-refractivity contribution in [2.24, 2.45) is 0 Å². The Bertz CT molecular complexity index is 358. The van der Waals surface area contributed by atoms with Crippen LogP contribution in [0.3, 0.4) is 0 Å². The lowest BCUT2D eigenvalue weighted by Crippen LogP contribution is -2.06. The van der Waals surface area contributed by atoms with E-state index >= 15 is 0 Å². The van der Waals surface area contributed by atoms with E-state index in [1.54, 1.807) is 6.07 Å². The molecule has 0 aliphatic heterocycles. The van der Waals surface area contributed by atoms with Crippen molar-refractivity contribution in [3.05, 3.63) is 26.9 Å². The smallest absolute Gasteiger partial charge is 0.407 e. The van der Waals surface area contributed by atoms with Gasteiger partial charge in [-0.05, 0) is 16.0 Å². The van der Waals surface area contributed by atoms with Crippen molar-refractivity contribution in [1.82, 2.24) is 4.98 Å². The standard InChI is InChI=1S/C8H9BrN2O4/c1-14-4-5-15-6-2-3-7(9)10-8(6)11(12)13/h2-3H,4-5H2,1H3. The maximum Gasteiger partial charge on any atom is 0.407 e. The van der Waals surface area contributed by atoms with Gasteiger partial charge in [-0.15, -0.1) is 0 Å². The molecule has 82 valence electrons. The van der Waals surface area contributed by atoms with Crippen molar-refractivity contribution in [3.63, 3.8) is 0 Å². The molecule has 1 aromatic heterocycles. The molecular formula is C8H9BrN2O4. The summed E-state index contributed by atoms with van der Waals surface area (Å²) in [6.45, 7) is 0.619. The van der Waals surface area contributed by atoms with Crippen LogP contribution in [0.2, 0.25) is 0 Å². The van der Waals surface area contributed by atoms with Crippen LogP contribution in [0.1, 0.15) is 0 Å². The number of aromatic nitrogens is 1. The highest BCUT2D eigenvalue weighted by Gasteiger charge is 2.17. The molecule has 0 aliphatic carbocycles. The number of hydrogen-bond acceptors (Lipinski definition) is 5. The minimum absolute atomic E-state index is 0.139. The van der Waals surface area contributed by atoms with E-state index in [0.29, 0.717) is 11.2 Å². The van der Waals surface area contributed by atoms with Crippen molar-refractivity contribution < 1.29 is 14.4 Å². The molecule has 0 aromatic carbocycles. The summed E-state index contributed by atoms with van der Waals surface area (Å²) in [6.07, 6.45) is 0. The Labute approximate surface area is 94.5 Å². The zero-order valence-corrected chi connectivity index (χ0v) is 9.56. The number of halogens is 1. The third kappa shape index (κ3) is 3.45. The molecule has 0 aliphatic rings. The van der Waals surface area contributed by atoms with E-state index in [1.165, 1.54) is 13.2 Å². The van der Waals surface area contributed by atoms with Gasteiger partial charge in [-0.2, -0.15) is 0 Å². The fourth-order valence-electron chi connectivity index (χ4n) is 0.891. The van der Waals surface area contributed by atoms with E-state index in [1.807, 2.05) is 0 Å². The average molecular weight is 277 g/mol. The van der Waals surface area contributed by atoms with E-state index in [2.05, 4.69) is 20.9 Å². The maximum atomic E-state index is 10.6. The summed E-state index contributed by atoms with van der Waals surface area (Å²) in [7, 11) is 1.53. The lowest BCUT2D eigenvalue weighted by molar-refractivity contribution is -0.390. The van der Waals surface area contributed by atoms with Gasteiger partial charge in [0, 0.05) is 29.1 Å². The molecule has 1 rings (SSSR count). The number of rotatable bonds is 5. The highest BCUT2D eigenvalue weighted by Crippen LogP contribution is 2.26. The predicted molar refractivity (Wildman–Crippen MR) is 56.0 cm³/mol. The Morgan fingerprint density at radius 3 is 2.87 bits per heavy atom. The zero-order valence-electron chi connectivity index (χ0n) is 7.97. The van der Waals surface area contributed by atoms with Gasteiger partial charge in [0.05, 0.1) is 6.61 Å². The Morgan fingerprint density at radius 1 is 1.53 bits per heavy atom. The monoisotopic (exact) mass is 276 g/mol. The van der Waals surface area contributed by atoms with Crippen LogP contribution >= 0.6 is 15.9 Å². The molecule has 0 fully saturated rings. The molecule has 0 bridgehead atoms. The molecule has 0 amide bonds. The van der Waals surface area contributed by atoms with E-state index in [4.69, 9.17) is 9.47 Å². The highest BCUT2D eigenvalue weighted by atomic mass is 79.9. The van der Waals surface area contributed by atoms with Gasteiger partial charge < -0.3 is 19.6 Å². The summed E-state index contributed by atoms with van der Waals surface area (Å²) in [6, 6.07) is 3.07. The summed E-state index contributed by atoms with van der Waals surface area (Å²) < 4.78 is 10.3. The molecule has 0 saturated carbocycles. The fourth-order valence-corrected chi connectivity index (χ4v) is 1.19. The van der Waals surface area contributed by atoms with Crippen LogP contribution in [-0.2, 0) is 4.74 Å². The summed E-state index contributed by atoms with van der Waals surface area (Å²) in [5.74, 6) is -0.166. The fraction of sp³-hybridized carbons (Fsp3) is 0.375. The first-order valence-electron chi connectivity index (χ1n) is 4.08. The number of nitro groups is 1. The first kappa shape index (κ1) is 11.9. The van der Waals surface area contributed by atoms with Gasteiger partial charge in [-0.1, -0.05) is 0 Å². The molecule has 7 heteroatoms. The second-order valence-electron chi connectivity index (χ2n) is 2.55. The third-order valence-electron chi connectivity index (χ3n) is 1.52. The van der Waals surface area contributed by atoms with Crippen molar-refractivity contribution >= 4 is 21.7 Å². The molecule has 0 unspecified atom stereocenters. The largest absolute Gasteiger partial charge is 0.483 e. The second kappa shape index (κ2) is 5.62.